The van der Waals surface area contributed by atoms with E-state index in [1.165, 1.54) is 0 Å². The van der Waals surface area contributed by atoms with Crippen LogP contribution in [0, 0.1) is 5.92 Å². The summed E-state index contributed by atoms with van der Waals surface area (Å²) in [4.78, 5) is 26.5. The van der Waals surface area contributed by atoms with Gasteiger partial charge in [0.2, 0.25) is 0 Å². The lowest BCUT2D eigenvalue weighted by Crippen LogP contribution is -2.42. The summed E-state index contributed by atoms with van der Waals surface area (Å²) < 4.78 is 0. The molecule has 0 aromatic rings. The number of rotatable bonds is 7. The Morgan fingerprint density at radius 2 is 2.05 bits per heavy atom. The summed E-state index contributed by atoms with van der Waals surface area (Å²) in [5.74, 6) is -0.681. The molecule has 1 aliphatic rings. The maximum atomic E-state index is 11.9. The van der Waals surface area contributed by atoms with Crippen molar-refractivity contribution in [1.82, 2.24) is 15.1 Å². The predicted octanol–water partition coefficient (Wildman–Crippen LogP) is 0.834. The van der Waals surface area contributed by atoms with Gasteiger partial charge in [-0.1, -0.05) is 13.8 Å². The quantitative estimate of drug-likeness (QED) is 0.719. The minimum atomic E-state index is -0.784. The van der Waals surface area contributed by atoms with E-state index in [1.54, 1.807) is 4.90 Å². The van der Waals surface area contributed by atoms with Crippen LogP contribution in [0.3, 0.4) is 0 Å². The summed E-state index contributed by atoms with van der Waals surface area (Å²) in [7, 11) is 0. The fourth-order valence-electron chi connectivity index (χ4n) is 2.40. The number of likely N-dealkylation sites (tertiary alicyclic amines) is 1. The lowest BCUT2D eigenvalue weighted by Gasteiger charge is -2.20. The Bertz CT molecular complexity index is 306. The van der Waals surface area contributed by atoms with E-state index in [-0.39, 0.29) is 18.4 Å². The molecule has 0 radical (unpaired) electrons. The van der Waals surface area contributed by atoms with Crippen molar-refractivity contribution >= 4 is 12.0 Å². The van der Waals surface area contributed by atoms with Gasteiger partial charge >= 0.3 is 12.0 Å². The number of carbonyl (C=O) groups excluding carboxylic acids is 1. The van der Waals surface area contributed by atoms with Crippen molar-refractivity contribution in [2.45, 2.75) is 26.7 Å². The second kappa shape index (κ2) is 7.99. The number of hydrogen-bond donors (Lipinski definition) is 2. The highest BCUT2D eigenvalue weighted by molar-refractivity contribution is 5.74. The molecule has 6 heteroatoms. The van der Waals surface area contributed by atoms with Crippen LogP contribution in [-0.4, -0.2) is 66.2 Å². The molecule has 0 bridgehead atoms. The maximum Gasteiger partial charge on any atom is 0.317 e. The molecule has 1 atom stereocenters. The zero-order valence-electron chi connectivity index (χ0n) is 11.9. The Morgan fingerprint density at radius 1 is 1.37 bits per heavy atom. The van der Waals surface area contributed by atoms with Crippen LogP contribution in [0.1, 0.15) is 26.7 Å². The highest BCUT2D eigenvalue weighted by Gasteiger charge is 2.27. The van der Waals surface area contributed by atoms with Crippen LogP contribution < -0.4 is 5.32 Å². The summed E-state index contributed by atoms with van der Waals surface area (Å²) in [6.07, 6.45) is 0.943. The van der Waals surface area contributed by atoms with E-state index in [0.29, 0.717) is 19.6 Å². The van der Waals surface area contributed by atoms with Crippen LogP contribution in [0.5, 0.6) is 0 Å². The smallest absolute Gasteiger partial charge is 0.317 e. The molecule has 1 fully saturated rings. The van der Waals surface area contributed by atoms with Gasteiger partial charge in [-0.3, -0.25) is 4.79 Å². The Balaban J connectivity index is 2.22. The SMILES string of the molecule is CCN(CC)CCNC(=O)N1CCC(CC(=O)O)C1. The van der Waals surface area contributed by atoms with Crippen molar-refractivity contribution in [1.29, 1.82) is 0 Å². The van der Waals surface area contributed by atoms with Crippen LogP contribution >= 0.6 is 0 Å². The number of aliphatic carboxylic acids is 1. The number of carboxylic acid groups (broad SMARTS) is 1. The minimum Gasteiger partial charge on any atom is -0.481 e. The third kappa shape index (κ3) is 5.46. The zero-order valence-corrected chi connectivity index (χ0v) is 11.9. The van der Waals surface area contributed by atoms with Crippen molar-refractivity contribution in [2.75, 3.05) is 39.3 Å². The summed E-state index contributed by atoms with van der Waals surface area (Å²) in [6.45, 7) is 8.88. The largest absolute Gasteiger partial charge is 0.481 e. The van der Waals surface area contributed by atoms with Crippen LogP contribution in [0.2, 0.25) is 0 Å². The molecule has 0 spiro atoms. The van der Waals surface area contributed by atoms with Crippen LogP contribution in [-0.2, 0) is 4.79 Å². The van der Waals surface area contributed by atoms with Crippen molar-refractivity contribution in [2.24, 2.45) is 5.92 Å². The van der Waals surface area contributed by atoms with Gasteiger partial charge in [0.15, 0.2) is 0 Å². The molecule has 0 aromatic heterocycles. The second-order valence-corrected chi connectivity index (χ2v) is 4.96. The highest BCUT2D eigenvalue weighted by Crippen LogP contribution is 2.19. The number of nitrogens with one attached hydrogen (secondary N) is 1. The van der Waals surface area contributed by atoms with Crippen molar-refractivity contribution < 1.29 is 14.7 Å². The molecule has 6 nitrogen and oxygen atoms in total. The molecule has 0 aliphatic carbocycles. The monoisotopic (exact) mass is 271 g/mol. The molecule has 1 unspecified atom stereocenters. The van der Waals surface area contributed by atoms with Crippen LogP contribution in [0.15, 0.2) is 0 Å². The van der Waals surface area contributed by atoms with Gasteiger partial charge in [0, 0.05) is 32.6 Å². The van der Waals surface area contributed by atoms with Gasteiger partial charge in [-0.25, -0.2) is 4.79 Å². The third-order valence-electron chi connectivity index (χ3n) is 3.64. The van der Waals surface area contributed by atoms with E-state index in [1.807, 2.05) is 0 Å². The fraction of sp³-hybridized carbons (Fsp3) is 0.846. The molecule has 1 rings (SSSR count). The molecular weight excluding hydrogens is 246 g/mol. The van der Waals surface area contributed by atoms with E-state index in [2.05, 4.69) is 24.1 Å². The van der Waals surface area contributed by atoms with E-state index < -0.39 is 5.97 Å². The average molecular weight is 271 g/mol. The van der Waals surface area contributed by atoms with Gasteiger partial charge in [-0.05, 0) is 25.4 Å². The minimum absolute atomic E-state index is 0.0694. The van der Waals surface area contributed by atoms with Gasteiger partial charge < -0.3 is 20.2 Å². The molecule has 19 heavy (non-hydrogen) atoms. The van der Waals surface area contributed by atoms with Crippen LogP contribution in [0.25, 0.3) is 0 Å². The van der Waals surface area contributed by atoms with E-state index in [4.69, 9.17) is 5.11 Å². The Labute approximate surface area is 114 Å². The fourth-order valence-corrected chi connectivity index (χ4v) is 2.40. The molecule has 1 heterocycles. The van der Waals surface area contributed by atoms with E-state index >= 15 is 0 Å². The summed E-state index contributed by atoms with van der Waals surface area (Å²) in [5.41, 5.74) is 0. The standard InChI is InChI=1S/C13H25N3O3/c1-3-15(4-2)8-6-14-13(19)16-7-5-11(10-16)9-12(17)18/h11H,3-10H2,1-2H3,(H,14,19)(H,17,18). The van der Waals surface area contributed by atoms with Gasteiger partial charge in [0.1, 0.15) is 0 Å². The molecule has 0 aromatic carbocycles. The average Bonchev–Trinajstić information content (AvgIpc) is 2.82. The highest BCUT2D eigenvalue weighted by atomic mass is 16.4. The van der Waals surface area contributed by atoms with Crippen molar-refractivity contribution in [3.63, 3.8) is 0 Å². The third-order valence-corrected chi connectivity index (χ3v) is 3.64. The first-order valence-corrected chi connectivity index (χ1v) is 7.03. The number of likely N-dealkylation sites (N-methyl/N-ethyl adjacent to an activating group) is 1. The number of hydrogen-bond acceptors (Lipinski definition) is 3. The van der Waals surface area contributed by atoms with E-state index in [9.17, 15) is 9.59 Å². The molecule has 110 valence electrons. The first kappa shape index (κ1) is 15.8. The summed E-state index contributed by atoms with van der Waals surface area (Å²) >= 11 is 0. The normalized spacial score (nSPS) is 18.9. The van der Waals surface area contributed by atoms with Crippen molar-refractivity contribution in [3.05, 3.63) is 0 Å². The van der Waals surface area contributed by atoms with Gasteiger partial charge in [-0.2, -0.15) is 0 Å². The number of carboxylic acids is 1. The Morgan fingerprint density at radius 3 is 2.63 bits per heavy atom. The summed E-state index contributed by atoms with van der Waals surface area (Å²) in [6, 6.07) is -0.0694. The van der Waals surface area contributed by atoms with Gasteiger partial charge in [0.05, 0.1) is 0 Å². The number of amides is 2. The van der Waals surface area contributed by atoms with Gasteiger partial charge in [0.25, 0.3) is 0 Å². The van der Waals surface area contributed by atoms with Crippen LogP contribution in [0.4, 0.5) is 4.79 Å². The molecule has 2 N–H and O–H groups in total. The second-order valence-electron chi connectivity index (χ2n) is 4.96. The molecule has 2 amide bonds. The number of carbonyl (C=O) groups is 2. The Kier molecular flexibility index (Phi) is 6.62. The lowest BCUT2D eigenvalue weighted by atomic mass is 10.1. The maximum absolute atomic E-state index is 11.9. The molecule has 1 aliphatic heterocycles. The van der Waals surface area contributed by atoms with Crippen molar-refractivity contribution in [3.8, 4) is 0 Å². The van der Waals surface area contributed by atoms with E-state index in [0.717, 1.165) is 26.1 Å². The first-order valence-electron chi connectivity index (χ1n) is 7.03. The number of urea groups is 1. The summed E-state index contributed by atoms with van der Waals surface area (Å²) in [5, 5.41) is 11.6. The molecular formula is C13H25N3O3. The lowest BCUT2D eigenvalue weighted by molar-refractivity contribution is -0.138. The Hall–Kier alpha value is -1.30. The zero-order chi connectivity index (χ0) is 14.3. The topological polar surface area (TPSA) is 72.9 Å². The number of nitrogens with zero attached hydrogens (tertiary/aromatic N) is 2. The first-order chi connectivity index (χ1) is 9.06. The predicted molar refractivity (Wildman–Crippen MR) is 73.1 cm³/mol. The molecule has 0 saturated carbocycles. The molecule has 1 saturated heterocycles. The van der Waals surface area contributed by atoms with Gasteiger partial charge in [-0.15, -0.1) is 0 Å².